The molecule has 29 heavy (non-hydrogen) atoms. The zero-order valence-electron chi connectivity index (χ0n) is 16.1. The van der Waals surface area contributed by atoms with E-state index in [4.69, 9.17) is 4.74 Å². The summed E-state index contributed by atoms with van der Waals surface area (Å²) in [4.78, 5) is 24.5. The third kappa shape index (κ3) is 4.66. The monoisotopic (exact) mass is 399 g/mol. The first kappa shape index (κ1) is 20.2. The molecule has 1 amide bonds. The van der Waals surface area contributed by atoms with E-state index in [2.05, 4.69) is 10.4 Å². The van der Waals surface area contributed by atoms with Gasteiger partial charge in [-0.25, -0.2) is 8.78 Å². The highest BCUT2D eigenvalue weighted by molar-refractivity contribution is 5.94. The molecule has 0 aliphatic rings. The van der Waals surface area contributed by atoms with Gasteiger partial charge in [0.25, 0.3) is 11.5 Å². The first-order valence-electron chi connectivity index (χ1n) is 8.85. The average Bonchev–Trinajstić information content (AvgIpc) is 2.68. The first-order chi connectivity index (χ1) is 13.7. The van der Waals surface area contributed by atoms with Crippen molar-refractivity contribution in [1.29, 1.82) is 0 Å². The summed E-state index contributed by atoms with van der Waals surface area (Å²) in [7, 11) is 0. The number of carbonyl (C=O) groups is 1. The second kappa shape index (κ2) is 8.22. The number of hydrogen-bond donors (Lipinski definition) is 1. The van der Waals surface area contributed by atoms with Crippen LogP contribution in [0.4, 0.5) is 14.5 Å². The van der Waals surface area contributed by atoms with Crippen molar-refractivity contribution in [3.8, 4) is 11.6 Å². The summed E-state index contributed by atoms with van der Waals surface area (Å²) in [5, 5.41) is 6.60. The Morgan fingerprint density at radius 2 is 1.79 bits per heavy atom. The van der Waals surface area contributed by atoms with Crippen LogP contribution in [0.1, 0.15) is 18.1 Å². The van der Waals surface area contributed by atoms with E-state index in [-0.39, 0.29) is 17.1 Å². The maximum Gasteiger partial charge on any atom is 0.271 e. The molecule has 2 aromatic carbocycles. The molecule has 0 bridgehead atoms. The molecule has 1 N–H and O–H groups in total. The normalized spacial score (nSPS) is 11.8. The standard InChI is InChI=1S/C21H19F2N3O3/c1-12-4-6-16(10-13(12)2)26-20(27)9-8-19(25-26)29-14(3)21(28)24-15-5-7-17(22)18(23)11-15/h4-11,14H,1-3H3,(H,24,28)/t14-/m0/s1. The highest BCUT2D eigenvalue weighted by Gasteiger charge is 2.17. The summed E-state index contributed by atoms with van der Waals surface area (Å²) in [6.07, 6.45) is -0.999. The van der Waals surface area contributed by atoms with Crippen LogP contribution in [0, 0.1) is 25.5 Å². The number of aryl methyl sites for hydroxylation is 2. The molecule has 0 aliphatic carbocycles. The molecule has 0 radical (unpaired) electrons. The number of benzene rings is 2. The Bertz CT molecular complexity index is 1130. The van der Waals surface area contributed by atoms with Gasteiger partial charge >= 0.3 is 0 Å². The number of nitrogens with zero attached hydrogens (tertiary/aromatic N) is 2. The van der Waals surface area contributed by atoms with Crippen LogP contribution < -0.4 is 15.6 Å². The minimum Gasteiger partial charge on any atom is -0.463 e. The fourth-order valence-electron chi connectivity index (χ4n) is 2.55. The lowest BCUT2D eigenvalue weighted by atomic mass is 10.1. The van der Waals surface area contributed by atoms with E-state index in [9.17, 15) is 18.4 Å². The molecule has 0 unspecified atom stereocenters. The van der Waals surface area contributed by atoms with Gasteiger partial charge in [-0.3, -0.25) is 9.59 Å². The summed E-state index contributed by atoms with van der Waals surface area (Å²) in [6, 6.07) is 11.1. The van der Waals surface area contributed by atoms with Gasteiger partial charge in [-0.05, 0) is 56.2 Å². The van der Waals surface area contributed by atoms with Crippen LogP contribution in [-0.2, 0) is 4.79 Å². The molecule has 3 rings (SSSR count). The number of nitrogens with one attached hydrogen (secondary N) is 1. The van der Waals surface area contributed by atoms with Crippen molar-refractivity contribution in [2.45, 2.75) is 26.9 Å². The number of ether oxygens (including phenoxy) is 1. The van der Waals surface area contributed by atoms with Crippen molar-refractivity contribution in [1.82, 2.24) is 9.78 Å². The van der Waals surface area contributed by atoms with E-state index < -0.39 is 23.6 Å². The Morgan fingerprint density at radius 1 is 1.03 bits per heavy atom. The minimum atomic E-state index is -1.07. The molecule has 1 heterocycles. The van der Waals surface area contributed by atoms with E-state index in [1.54, 1.807) is 6.07 Å². The van der Waals surface area contributed by atoms with Crippen molar-refractivity contribution < 1.29 is 18.3 Å². The third-order valence-electron chi connectivity index (χ3n) is 4.36. The summed E-state index contributed by atoms with van der Waals surface area (Å²) in [6.45, 7) is 5.36. The molecule has 0 fully saturated rings. The zero-order valence-corrected chi connectivity index (χ0v) is 16.1. The van der Waals surface area contributed by atoms with Gasteiger partial charge < -0.3 is 10.1 Å². The van der Waals surface area contributed by atoms with Crippen molar-refractivity contribution in [2.24, 2.45) is 0 Å². The number of hydrogen-bond acceptors (Lipinski definition) is 4. The predicted octanol–water partition coefficient (Wildman–Crippen LogP) is 3.53. The number of aromatic nitrogens is 2. The van der Waals surface area contributed by atoms with Crippen molar-refractivity contribution in [3.05, 3.63) is 81.6 Å². The number of carbonyl (C=O) groups excluding carboxylic acids is 1. The van der Waals surface area contributed by atoms with Gasteiger partial charge in [0.05, 0.1) is 5.69 Å². The molecule has 150 valence electrons. The van der Waals surface area contributed by atoms with E-state index in [0.29, 0.717) is 5.69 Å². The van der Waals surface area contributed by atoms with Crippen molar-refractivity contribution in [2.75, 3.05) is 5.32 Å². The Kier molecular flexibility index (Phi) is 5.72. The molecule has 0 spiro atoms. The lowest BCUT2D eigenvalue weighted by Crippen LogP contribution is -2.31. The number of halogens is 2. The summed E-state index contributed by atoms with van der Waals surface area (Å²) in [5.74, 6) is -2.60. The molecule has 0 aliphatic heterocycles. The van der Waals surface area contributed by atoms with Crippen LogP contribution in [-0.4, -0.2) is 21.8 Å². The van der Waals surface area contributed by atoms with Gasteiger partial charge in [0.1, 0.15) is 0 Å². The van der Waals surface area contributed by atoms with Gasteiger partial charge in [0.2, 0.25) is 5.88 Å². The lowest BCUT2D eigenvalue weighted by Gasteiger charge is -2.15. The molecular formula is C21H19F2N3O3. The van der Waals surface area contributed by atoms with Crippen LogP contribution >= 0.6 is 0 Å². The van der Waals surface area contributed by atoms with Gasteiger partial charge in [-0.15, -0.1) is 5.10 Å². The van der Waals surface area contributed by atoms with Crippen molar-refractivity contribution >= 4 is 11.6 Å². The second-order valence-corrected chi connectivity index (χ2v) is 6.57. The zero-order chi connectivity index (χ0) is 21.1. The molecule has 8 heteroatoms. The SMILES string of the molecule is Cc1ccc(-n2nc(O[C@@H](C)C(=O)Nc3ccc(F)c(F)c3)ccc2=O)cc1C. The van der Waals surface area contributed by atoms with Gasteiger partial charge in [-0.1, -0.05) is 6.07 Å². The van der Waals surface area contributed by atoms with Crippen molar-refractivity contribution in [3.63, 3.8) is 0 Å². The molecule has 1 aromatic heterocycles. The van der Waals surface area contributed by atoms with Gasteiger partial charge in [0, 0.05) is 23.9 Å². The second-order valence-electron chi connectivity index (χ2n) is 6.57. The van der Waals surface area contributed by atoms with E-state index in [1.807, 2.05) is 26.0 Å². The fourth-order valence-corrected chi connectivity index (χ4v) is 2.55. The van der Waals surface area contributed by atoms with Crippen LogP contribution in [0.25, 0.3) is 5.69 Å². The van der Waals surface area contributed by atoms with Crippen LogP contribution in [0.5, 0.6) is 5.88 Å². The largest absolute Gasteiger partial charge is 0.463 e. The van der Waals surface area contributed by atoms with Gasteiger partial charge in [-0.2, -0.15) is 4.68 Å². The van der Waals surface area contributed by atoms with Crippen LogP contribution in [0.15, 0.2) is 53.3 Å². The van der Waals surface area contributed by atoms with E-state index in [0.717, 1.165) is 23.3 Å². The summed E-state index contributed by atoms with van der Waals surface area (Å²) in [5.41, 5.74) is 2.40. The molecular weight excluding hydrogens is 380 g/mol. The predicted molar refractivity (Wildman–Crippen MR) is 104 cm³/mol. The molecule has 1 atom stereocenters. The van der Waals surface area contributed by atoms with E-state index >= 15 is 0 Å². The number of anilines is 1. The third-order valence-corrected chi connectivity index (χ3v) is 4.36. The lowest BCUT2D eigenvalue weighted by molar-refractivity contribution is -0.122. The Morgan fingerprint density at radius 3 is 2.48 bits per heavy atom. The van der Waals surface area contributed by atoms with Gasteiger partial charge in [0.15, 0.2) is 17.7 Å². The first-order valence-corrected chi connectivity index (χ1v) is 8.85. The number of rotatable bonds is 5. The quantitative estimate of drug-likeness (QED) is 0.712. The Hall–Kier alpha value is -3.55. The summed E-state index contributed by atoms with van der Waals surface area (Å²) >= 11 is 0. The molecule has 6 nitrogen and oxygen atoms in total. The molecule has 0 saturated carbocycles. The maximum absolute atomic E-state index is 13.3. The molecule has 0 saturated heterocycles. The maximum atomic E-state index is 13.3. The van der Waals surface area contributed by atoms with Crippen LogP contribution in [0.2, 0.25) is 0 Å². The smallest absolute Gasteiger partial charge is 0.271 e. The topological polar surface area (TPSA) is 73.2 Å². The van der Waals surface area contributed by atoms with E-state index in [1.165, 1.54) is 29.8 Å². The summed E-state index contributed by atoms with van der Waals surface area (Å²) < 4.78 is 33.0. The Labute approximate surface area is 165 Å². The molecule has 3 aromatic rings. The highest BCUT2D eigenvalue weighted by Crippen LogP contribution is 2.16. The fraction of sp³-hybridized carbons (Fsp3) is 0.190. The van der Waals surface area contributed by atoms with Crippen LogP contribution in [0.3, 0.4) is 0 Å². The minimum absolute atomic E-state index is 0.0655. The Balaban J connectivity index is 1.77. The average molecular weight is 399 g/mol. The number of amides is 1. The highest BCUT2D eigenvalue weighted by atomic mass is 19.2.